The van der Waals surface area contributed by atoms with Crippen LogP contribution in [0.2, 0.25) is 0 Å². The molecule has 0 saturated carbocycles. The average molecular weight is 260 g/mol. The molecule has 2 rings (SSSR count). The van der Waals surface area contributed by atoms with Crippen LogP contribution in [0.3, 0.4) is 0 Å². The average Bonchev–Trinajstić information content (AvgIpc) is 2.17. The van der Waals surface area contributed by atoms with E-state index in [1.165, 1.54) is 6.07 Å². The first kappa shape index (κ1) is 13.2. The Bertz CT molecular complexity index is 663. The van der Waals surface area contributed by atoms with Gasteiger partial charge in [-0.15, -0.1) is 0 Å². The van der Waals surface area contributed by atoms with E-state index >= 15 is 0 Å². The Morgan fingerprint density at radius 3 is 2.24 bits per heavy atom. The third-order valence-corrected chi connectivity index (χ3v) is 1.62. The molecule has 1 aromatic heterocycles. The fourth-order valence-electron chi connectivity index (χ4n) is 1.05. The summed E-state index contributed by atoms with van der Waals surface area (Å²) in [6, 6.07) is 8.40. The highest BCUT2D eigenvalue weighted by Crippen LogP contribution is 2.14. The van der Waals surface area contributed by atoms with E-state index < -0.39 is 16.0 Å². The second kappa shape index (κ2) is 4.95. The molecular formula is C9H8O7S. The first-order chi connectivity index (χ1) is 7.77. The molecule has 0 fully saturated rings. The highest BCUT2D eigenvalue weighted by Gasteiger charge is 2.00. The number of hydrogen-bond donors (Lipinski definition) is 3. The van der Waals surface area contributed by atoms with Crippen LogP contribution in [0.15, 0.2) is 39.5 Å². The second-order valence-corrected chi connectivity index (χ2v) is 3.80. The van der Waals surface area contributed by atoms with Crippen molar-refractivity contribution >= 4 is 21.4 Å². The highest BCUT2D eigenvalue weighted by atomic mass is 32.3. The summed E-state index contributed by atoms with van der Waals surface area (Å²) < 4.78 is 36.4. The van der Waals surface area contributed by atoms with Gasteiger partial charge in [0.05, 0.1) is 0 Å². The molecule has 92 valence electrons. The Balaban J connectivity index is 0.000000249. The van der Waals surface area contributed by atoms with Gasteiger partial charge in [-0.05, 0) is 12.1 Å². The topological polar surface area (TPSA) is 125 Å². The van der Waals surface area contributed by atoms with Crippen molar-refractivity contribution in [1.29, 1.82) is 0 Å². The van der Waals surface area contributed by atoms with Gasteiger partial charge in [0, 0.05) is 5.39 Å². The zero-order valence-corrected chi connectivity index (χ0v) is 9.09. The van der Waals surface area contributed by atoms with E-state index in [9.17, 15) is 4.79 Å². The van der Waals surface area contributed by atoms with Crippen molar-refractivity contribution in [3.05, 3.63) is 40.8 Å². The van der Waals surface area contributed by atoms with E-state index in [-0.39, 0.29) is 5.75 Å². The number of rotatable bonds is 0. The van der Waals surface area contributed by atoms with E-state index in [4.69, 9.17) is 27.0 Å². The van der Waals surface area contributed by atoms with Gasteiger partial charge in [0.15, 0.2) is 0 Å². The lowest BCUT2D eigenvalue weighted by molar-refractivity contribution is 0.381. The van der Waals surface area contributed by atoms with Gasteiger partial charge in [0.25, 0.3) is 0 Å². The molecule has 0 atom stereocenters. The maximum absolute atomic E-state index is 10.8. The molecule has 0 bridgehead atoms. The van der Waals surface area contributed by atoms with Gasteiger partial charge >= 0.3 is 16.0 Å². The summed E-state index contributed by atoms with van der Waals surface area (Å²) in [4.78, 5) is 10.8. The summed E-state index contributed by atoms with van der Waals surface area (Å²) in [7, 11) is -4.67. The minimum absolute atomic E-state index is 0.353. The number of para-hydroxylation sites is 1. The maximum atomic E-state index is 10.8. The quantitative estimate of drug-likeness (QED) is 0.473. The Kier molecular flexibility index (Phi) is 3.84. The summed E-state index contributed by atoms with van der Waals surface area (Å²) in [5.74, 6) is -0.353. The van der Waals surface area contributed by atoms with Gasteiger partial charge in [0.2, 0.25) is 5.75 Å². The monoisotopic (exact) mass is 260 g/mol. The Hall–Kier alpha value is -1.90. The number of hydrogen-bond acceptors (Lipinski definition) is 5. The maximum Gasteiger partial charge on any atom is 0.394 e. The van der Waals surface area contributed by atoms with E-state index in [0.717, 1.165) is 5.39 Å². The van der Waals surface area contributed by atoms with Crippen LogP contribution in [0.1, 0.15) is 0 Å². The summed E-state index contributed by atoms with van der Waals surface area (Å²) in [5.41, 5.74) is -0.214. The van der Waals surface area contributed by atoms with Crippen LogP contribution < -0.4 is 5.63 Å². The third kappa shape index (κ3) is 4.64. The molecule has 0 aliphatic rings. The molecule has 1 heterocycles. The van der Waals surface area contributed by atoms with Gasteiger partial charge in [-0.2, -0.15) is 8.42 Å². The molecule has 3 N–H and O–H groups in total. The van der Waals surface area contributed by atoms with Crippen molar-refractivity contribution in [2.45, 2.75) is 0 Å². The smallest absolute Gasteiger partial charge is 0.394 e. The zero-order valence-electron chi connectivity index (χ0n) is 8.27. The lowest BCUT2D eigenvalue weighted by Crippen LogP contribution is -1.96. The summed E-state index contributed by atoms with van der Waals surface area (Å²) in [6.45, 7) is 0. The van der Waals surface area contributed by atoms with Crippen LogP contribution in [0.25, 0.3) is 11.0 Å². The molecule has 0 saturated heterocycles. The van der Waals surface area contributed by atoms with Gasteiger partial charge < -0.3 is 9.52 Å². The van der Waals surface area contributed by atoms with Gasteiger partial charge in [0.1, 0.15) is 5.58 Å². The predicted octanol–water partition coefficient (Wildman–Crippen LogP) is 0.846. The van der Waals surface area contributed by atoms with Gasteiger partial charge in [-0.3, -0.25) is 9.11 Å². The molecule has 8 heteroatoms. The molecule has 0 aliphatic carbocycles. The minimum Gasteiger partial charge on any atom is -0.502 e. The standard InChI is InChI=1S/C9H6O3.H2O4S/c10-7-5-6-3-1-2-4-8(6)12-9(7)11;1-5(2,3)4/h1-5,10H;(H2,1,2,3,4). The van der Waals surface area contributed by atoms with Crippen molar-refractivity contribution < 1.29 is 27.0 Å². The Morgan fingerprint density at radius 1 is 1.12 bits per heavy atom. The van der Waals surface area contributed by atoms with Crippen LogP contribution in [0, 0.1) is 0 Å². The van der Waals surface area contributed by atoms with Crippen molar-refractivity contribution in [2.75, 3.05) is 0 Å². The first-order valence-corrected chi connectivity index (χ1v) is 5.59. The molecule has 0 aliphatic heterocycles. The molecule has 0 radical (unpaired) electrons. The molecule has 2 aromatic rings. The van der Waals surface area contributed by atoms with Crippen LogP contribution in [-0.2, 0) is 10.4 Å². The first-order valence-electron chi connectivity index (χ1n) is 4.19. The van der Waals surface area contributed by atoms with E-state index in [2.05, 4.69) is 0 Å². The zero-order chi connectivity index (χ0) is 13.1. The lowest BCUT2D eigenvalue weighted by Gasteiger charge is -1.94. The van der Waals surface area contributed by atoms with Crippen molar-refractivity contribution in [3.8, 4) is 5.75 Å². The normalized spacial score (nSPS) is 10.7. The van der Waals surface area contributed by atoms with E-state index in [1.807, 2.05) is 6.07 Å². The minimum atomic E-state index is -4.67. The molecule has 17 heavy (non-hydrogen) atoms. The summed E-state index contributed by atoms with van der Waals surface area (Å²) in [6.07, 6.45) is 0. The Morgan fingerprint density at radius 2 is 1.65 bits per heavy atom. The van der Waals surface area contributed by atoms with Crippen LogP contribution in [0.4, 0.5) is 0 Å². The van der Waals surface area contributed by atoms with Crippen molar-refractivity contribution in [3.63, 3.8) is 0 Å². The number of benzene rings is 1. The molecule has 0 amide bonds. The van der Waals surface area contributed by atoms with Crippen LogP contribution >= 0.6 is 0 Å². The van der Waals surface area contributed by atoms with E-state index in [0.29, 0.717) is 5.58 Å². The third-order valence-electron chi connectivity index (χ3n) is 1.62. The Labute approximate surface area is 95.5 Å². The molecule has 1 aromatic carbocycles. The second-order valence-electron chi connectivity index (χ2n) is 2.90. The molecule has 7 nitrogen and oxygen atoms in total. The van der Waals surface area contributed by atoms with Gasteiger partial charge in [-0.25, -0.2) is 4.79 Å². The molecule has 0 spiro atoms. The van der Waals surface area contributed by atoms with Crippen molar-refractivity contribution in [2.24, 2.45) is 0 Å². The fourth-order valence-corrected chi connectivity index (χ4v) is 1.05. The largest absolute Gasteiger partial charge is 0.502 e. The predicted molar refractivity (Wildman–Crippen MR) is 58.3 cm³/mol. The molecular weight excluding hydrogens is 252 g/mol. The van der Waals surface area contributed by atoms with Crippen molar-refractivity contribution in [1.82, 2.24) is 0 Å². The number of fused-ring (bicyclic) bond motifs is 1. The van der Waals surface area contributed by atoms with Crippen LogP contribution in [-0.4, -0.2) is 22.6 Å². The summed E-state index contributed by atoms with van der Waals surface area (Å²) in [5, 5.41) is 9.73. The highest BCUT2D eigenvalue weighted by molar-refractivity contribution is 7.79. The fraction of sp³-hybridized carbons (Fsp3) is 0. The summed E-state index contributed by atoms with van der Waals surface area (Å²) >= 11 is 0. The molecule has 0 unspecified atom stereocenters. The van der Waals surface area contributed by atoms with Gasteiger partial charge in [-0.1, -0.05) is 18.2 Å². The SMILES string of the molecule is O=S(=O)(O)O.O=c1oc2ccccc2cc1O. The van der Waals surface area contributed by atoms with E-state index in [1.54, 1.807) is 18.2 Å². The lowest BCUT2D eigenvalue weighted by atomic mass is 10.2. The number of aromatic hydroxyl groups is 1. The van der Waals surface area contributed by atoms with Crippen LogP contribution in [0.5, 0.6) is 5.75 Å².